The van der Waals surface area contributed by atoms with Crippen LogP contribution in [0.25, 0.3) is 0 Å². The third-order valence-corrected chi connectivity index (χ3v) is 5.04. The molecule has 1 saturated carbocycles. The number of hydrogen-bond acceptors (Lipinski definition) is 3. The van der Waals surface area contributed by atoms with E-state index in [1.165, 1.54) is 12.1 Å². The molecule has 0 spiro atoms. The Morgan fingerprint density at radius 3 is 2.90 bits per heavy atom. The molecule has 0 heterocycles. The zero-order valence-corrected chi connectivity index (χ0v) is 13.3. The monoisotopic (exact) mass is 311 g/mol. The molecule has 1 fully saturated rings. The first-order valence-corrected chi connectivity index (χ1v) is 8.22. The van der Waals surface area contributed by atoms with Crippen molar-refractivity contribution >= 4 is 17.7 Å². The summed E-state index contributed by atoms with van der Waals surface area (Å²) in [5.41, 5.74) is -0.850. The maximum absolute atomic E-state index is 13.3. The van der Waals surface area contributed by atoms with Crippen LogP contribution in [0.1, 0.15) is 39.5 Å². The first-order valence-electron chi connectivity index (χ1n) is 7.34. The van der Waals surface area contributed by atoms with Gasteiger partial charge >= 0.3 is 5.97 Å². The lowest BCUT2D eigenvalue weighted by molar-refractivity contribution is -0.146. The van der Waals surface area contributed by atoms with Gasteiger partial charge in [-0.1, -0.05) is 6.07 Å². The van der Waals surface area contributed by atoms with Crippen LogP contribution in [0, 0.1) is 5.82 Å². The average Bonchev–Trinajstić information content (AvgIpc) is 2.38. The Morgan fingerprint density at radius 1 is 1.52 bits per heavy atom. The summed E-state index contributed by atoms with van der Waals surface area (Å²) in [4.78, 5) is 12.6. The predicted molar refractivity (Wildman–Crippen MR) is 83.2 cm³/mol. The van der Waals surface area contributed by atoms with Crippen LogP contribution in [0.4, 0.5) is 4.39 Å². The van der Waals surface area contributed by atoms with Crippen molar-refractivity contribution in [1.82, 2.24) is 5.32 Å². The van der Waals surface area contributed by atoms with Crippen molar-refractivity contribution in [2.24, 2.45) is 0 Å². The van der Waals surface area contributed by atoms with Gasteiger partial charge < -0.3 is 5.11 Å². The topological polar surface area (TPSA) is 49.3 Å². The van der Waals surface area contributed by atoms with Crippen molar-refractivity contribution in [3.05, 3.63) is 30.1 Å². The molecule has 21 heavy (non-hydrogen) atoms. The molecule has 5 heteroatoms. The predicted octanol–water partition coefficient (Wildman–Crippen LogP) is 3.68. The number of carboxylic acid groups (broad SMARTS) is 1. The van der Waals surface area contributed by atoms with E-state index in [1.807, 2.05) is 19.9 Å². The molecule has 2 N–H and O–H groups in total. The summed E-state index contributed by atoms with van der Waals surface area (Å²) in [6, 6.07) is 6.63. The van der Waals surface area contributed by atoms with E-state index in [1.54, 1.807) is 17.8 Å². The minimum Gasteiger partial charge on any atom is -0.480 e. The molecule has 0 bridgehead atoms. The average molecular weight is 311 g/mol. The van der Waals surface area contributed by atoms with Gasteiger partial charge in [-0.25, -0.2) is 4.39 Å². The normalized spacial score (nSPS) is 26.0. The molecule has 116 valence electrons. The van der Waals surface area contributed by atoms with Gasteiger partial charge in [0.05, 0.1) is 0 Å². The molecule has 3 nitrogen and oxygen atoms in total. The van der Waals surface area contributed by atoms with Gasteiger partial charge in [0.1, 0.15) is 11.4 Å². The SMILES string of the molecule is CC(C)NC1(C(=O)O)CCCC(Sc2cccc(F)c2)C1. The second-order valence-electron chi connectivity index (χ2n) is 5.98. The Morgan fingerprint density at radius 2 is 2.29 bits per heavy atom. The Hall–Kier alpha value is -1.07. The highest BCUT2D eigenvalue weighted by Gasteiger charge is 2.43. The molecule has 1 aromatic rings. The fourth-order valence-corrected chi connectivity index (χ4v) is 4.37. The quantitative estimate of drug-likeness (QED) is 0.871. The fourth-order valence-electron chi connectivity index (χ4n) is 3.00. The van der Waals surface area contributed by atoms with Crippen molar-refractivity contribution in [3.63, 3.8) is 0 Å². The molecule has 1 aliphatic carbocycles. The van der Waals surface area contributed by atoms with Gasteiger partial charge in [0.2, 0.25) is 0 Å². The van der Waals surface area contributed by atoms with Gasteiger partial charge in [0.15, 0.2) is 0 Å². The lowest BCUT2D eigenvalue weighted by Gasteiger charge is -2.39. The van der Waals surface area contributed by atoms with Crippen LogP contribution in [0.2, 0.25) is 0 Å². The standard InChI is InChI=1S/C16H22FNO2S/c1-11(2)18-16(15(19)20)8-4-7-14(10-16)21-13-6-3-5-12(17)9-13/h3,5-6,9,11,14,18H,4,7-8,10H2,1-2H3,(H,19,20). The summed E-state index contributed by atoms with van der Waals surface area (Å²) in [5.74, 6) is -1.03. The molecule has 1 aromatic carbocycles. The maximum Gasteiger partial charge on any atom is 0.323 e. The Kier molecular flexibility index (Phi) is 5.27. The van der Waals surface area contributed by atoms with Crippen molar-refractivity contribution in [1.29, 1.82) is 0 Å². The van der Waals surface area contributed by atoms with E-state index in [-0.39, 0.29) is 17.1 Å². The smallest absolute Gasteiger partial charge is 0.323 e. The van der Waals surface area contributed by atoms with Crippen LogP contribution >= 0.6 is 11.8 Å². The number of halogens is 1. The number of thioether (sulfide) groups is 1. The third-order valence-electron chi connectivity index (χ3n) is 3.78. The first kappa shape index (κ1) is 16.3. The highest BCUT2D eigenvalue weighted by atomic mass is 32.2. The van der Waals surface area contributed by atoms with Crippen LogP contribution in [-0.4, -0.2) is 27.9 Å². The molecule has 2 unspecified atom stereocenters. The number of benzene rings is 1. The van der Waals surface area contributed by atoms with E-state index >= 15 is 0 Å². The molecular weight excluding hydrogens is 289 g/mol. The van der Waals surface area contributed by atoms with Crippen molar-refractivity contribution in [2.75, 3.05) is 0 Å². The molecule has 2 atom stereocenters. The van der Waals surface area contributed by atoms with E-state index < -0.39 is 11.5 Å². The highest BCUT2D eigenvalue weighted by molar-refractivity contribution is 8.00. The lowest BCUT2D eigenvalue weighted by atomic mass is 9.81. The zero-order chi connectivity index (χ0) is 15.5. The van der Waals surface area contributed by atoms with E-state index in [0.29, 0.717) is 12.8 Å². The van der Waals surface area contributed by atoms with Crippen LogP contribution in [-0.2, 0) is 4.79 Å². The second kappa shape index (κ2) is 6.79. The summed E-state index contributed by atoms with van der Waals surface area (Å²) in [7, 11) is 0. The fraction of sp³-hybridized carbons (Fsp3) is 0.562. The minimum absolute atomic E-state index is 0.124. The van der Waals surface area contributed by atoms with Crippen LogP contribution in [0.5, 0.6) is 0 Å². The maximum atomic E-state index is 13.3. The van der Waals surface area contributed by atoms with Gasteiger partial charge in [-0.05, 0) is 57.7 Å². The number of nitrogens with one attached hydrogen (secondary N) is 1. The summed E-state index contributed by atoms with van der Waals surface area (Å²) in [6.07, 6.45) is 3.07. The van der Waals surface area contributed by atoms with E-state index in [0.717, 1.165) is 17.7 Å². The van der Waals surface area contributed by atoms with Crippen molar-refractivity contribution < 1.29 is 14.3 Å². The summed E-state index contributed by atoms with van der Waals surface area (Å²) >= 11 is 1.58. The molecule has 0 saturated heterocycles. The molecule has 0 radical (unpaired) electrons. The van der Waals surface area contributed by atoms with Crippen molar-refractivity contribution in [2.45, 2.75) is 61.3 Å². The number of rotatable bonds is 5. The van der Waals surface area contributed by atoms with Crippen molar-refractivity contribution in [3.8, 4) is 0 Å². The zero-order valence-electron chi connectivity index (χ0n) is 12.4. The van der Waals surface area contributed by atoms with E-state index in [2.05, 4.69) is 5.32 Å². The molecule has 0 amide bonds. The Labute approximate surface area is 129 Å². The molecule has 0 aromatic heterocycles. The largest absolute Gasteiger partial charge is 0.480 e. The van der Waals surface area contributed by atoms with Gasteiger partial charge in [0.25, 0.3) is 0 Å². The Bertz CT molecular complexity index is 509. The molecule has 0 aliphatic heterocycles. The Balaban J connectivity index is 2.10. The van der Waals surface area contributed by atoms with Gasteiger partial charge in [-0.3, -0.25) is 10.1 Å². The van der Waals surface area contributed by atoms with E-state index in [9.17, 15) is 14.3 Å². The van der Waals surface area contributed by atoms with Gasteiger partial charge in [-0.15, -0.1) is 11.8 Å². The summed E-state index contributed by atoms with van der Waals surface area (Å²) in [5, 5.41) is 13.1. The third kappa shape index (κ3) is 4.20. The highest BCUT2D eigenvalue weighted by Crippen LogP contribution is 2.38. The number of carboxylic acids is 1. The second-order valence-corrected chi connectivity index (χ2v) is 7.35. The number of carbonyl (C=O) groups is 1. The van der Waals surface area contributed by atoms with Gasteiger partial charge in [0, 0.05) is 16.2 Å². The molecule has 1 aliphatic rings. The first-order chi connectivity index (χ1) is 9.91. The van der Waals surface area contributed by atoms with Crippen LogP contribution < -0.4 is 5.32 Å². The van der Waals surface area contributed by atoms with Gasteiger partial charge in [-0.2, -0.15) is 0 Å². The molecular formula is C16H22FNO2S. The minimum atomic E-state index is -0.850. The van der Waals surface area contributed by atoms with E-state index in [4.69, 9.17) is 0 Å². The van der Waals surface area contributed by atoms with Crippen LogP contribution in [0.3, 0.4) is 0 Å². The summed E-state index contributed by atoms with van der Waals surface area (Å²) < 4.78 is 13.3. The molecule has 2 rings (SSSR count). The lowest BCUT2D eigenvalue weighted by Crippen LogP contribution is -2.57. The summed E-state index contributed by atoms with van der Waals surface area (Å²) in [6.45, 7) is 3.93. The number of aliphatic carboxylic acids is 1. The number of hydrogen-bond donors (Lipinski definition) is 2. The van der Waals surface area contributed by atoms with Crippen LogP contribution in [0.15, 0.2) is 29.2 Å².